The average molecular weight is 319 g/mol. The number of piperidine rings is 1. The summed E-state index contributed by atoms with van der Waals surface area (Å²) in [6.45, 7) is 7.36. The number of benzene rings is 1. The monoisotopic (exact) mass is 319 g/mol. The largest absolute Gasteiger partial charge is 0.493 e. The van der Waals surface area contributed by atoms with Crippen molar-refractivity contribution in [2.75, 3.05) is 19.7 Å². The minimum absolute atomic E-state index is 0.118. The molecule has 1 aliphatic rings. The molecule has 0 spiro atoms. The predicted octanol–water partition coefficient (Wildman–Crippen LogP) is 3.05. The maximum atomic E-state index is 12.6. The number of carboxylic acids is 1. The Hall–Kier alpha value is -2.04. The third kappa shape index (κ3) is 4.24. The highest BCUT2D eigenvalue weighted by Gasteiger charge is 2.39. The first-order valence-electron chi connectivity index (χ1n) is 8.07. The Labute approximate surface area is 137 Å². The van der Waals surface area contributed by atoms with Crippen LogP contribution in [0.25, 0.3) is 0 Å². The number of likely N-dealkylation sites (tertiary alicyclic amines) is 1. The molecule has 2 rings (SSSR count). The third-order valence-corrected chi connectivity index (χ3v) is 4.18. The third-order valence-electron chi connectivity index (χ3n) is 4.18. The molecular formula is C18H25NO4. The second-order valence-electron chi connectivity index (χ2n) is 6.93. The van der Waals surface area contributed by atoms with Crippen molar-refractivity contribution >= 4 is 11.9 Å². The molecule has 23 heavy (non-hydrogen) atoms. The lowest BCUT2D eigenvalue weighted by Gasteiger charge is -2.37. The lowest BCUT2D eigenvalue weighted by Crippen LogP contribution is -2.48. The Morgan fingerprint density at radius 1 is 1.30 bits per heavy atom. The van der Waals surface area contributed by atoms with Gasteiger partial charge in [-0.15, -0.1) is 0 Å². The Morgan fingerprint density at radius 2 is 1.96 bits per heavy atom. The Morgan fingerprint density at radius 3 is 2.52 bits per heavy atom. The standard InChI is InChI=1S/C18H25NO4/c1-13(2)11-23-15-7-5-14(6-8-15)16(20)19-10-4-9-18(3,12-19)17(21)22/h5-8,13H,4,9-12H2,1-3H3,(H,21,22). The van der Waals surface area contributed by atoms with Crippen LogP contribution in [0.4, 0.5) is 0 Å². The number of rotatable bonds is 5. The zero-order chi connectivity index (χ0) is 17.0. The van der Waals surface area contributed by atoms with Crippen LogP contribution < -0.4 is 4.74 Å². The molecule has 1 unspecified atom stereocenters. The van der Waals surface area contributed by atoms with E-state index < -0.39 is 11.4 Å². The zero-order valence-corrected chi connectivity index (χ0v) is 14.0. The lowest BCUT2D eigenvalue weighted by molar-refractivity contribution is -0.150. The van der Waals surface area contributed by atoms with Gasteiger partial charge in [-0.3, -0.25) is 9.59 Å². The van der Waals surface area contributed by atoms with Gasteiger partial charge in [0.25, 0.3) is 5.91 Å². The SMILES string of the molecule is CC(C)COc1ccc(C(=O)N2CCCC(C)(C(=O)O)C2)cc1. The van der Waals surface area contributed by atoms with Gasteiger partial charge in [0.2, 0.25) is 0 Å². The van der Waals surface area contributed by atoms with E-state index in [-0.39, 0.29) is 12.5 Å². The van der Waals surface area contributed by atoms with Gasteiger partial charge in [0, 0.05) is 18.7 Å². The fourth-order valence-electron chi connectivity index (χ4n) is 2.73. The van der Waals surface area contributed by atoms with E-state index in [2.05, 4.69) is 13.8 Å². The molecule has 1 aromatic rings. The molecule has 1 atom stereocenters. The summed E-state index contributed by atoms with van der Waals surface area (Å²) in [5, 5.41) is 9.35. The van der Waals surface area contributed by atoms with Crippen LogP contribution in [0.1, 0.15) is 44.0 Å². The lowest BCUT2D eigenvalue weighted by atomic mass is 9.82. The molecule has 1 amide bonds. The van der Waals surface area contributed by atoms with Crippen LogP contribution in [0.15, 0.2) is 24.3 Å². The number of aliphatic carboxylic acids is 1. The van der Waals surface area contributed by atoms with E-state index in [1.165, 1.54) is 0 Å². The van der Waals surface area contributed by atoms with Gasteiger partial charge in [-0.2, -0.15) is 0 Å². The predicted molar refractivity (Wildman–Crippen MR) is 87.7 cm³/mol. The first kappa shape index (κ1) is 17.3. The van der Waals surface area contributed by atoms with Gasteiger partial charge >= 0.3 is 5.97 Å². The summed E-state index contributed by atoms with van der Waals surface area (Å²) in [5.41, 5.74) is -0.287. The molecule has 0 bridgehead atoms. The maximum absolute atomic E-state index is 12.6. The molecule has 1 aliphatic heterocycles. The Balaban J connectivity index is 2.04. The van der Waals surface area contributed by atoms with Crippen molar-refractivity contribution in [1.82, 2.24) is 4.90 Å². The fourth-order valence-corrected chi connectivity index (χ4v) is 2.73. The first-order valence-corrected chi connectivity index (χ1v) is 8.07. The van der Waals surface area contributed by atoms with Gasteiger partial charge in [0.05, 0.1) is 12.0 Å². The molecule has 5 nitrogen and oxygen atoms in total. The summed E-state index contributed by atoms with van der Waals surface area (Å²) in [4.78, 5) is 25.6. The van der Waals surface area contributed by atoms with E-state index in [1.807, 2.05) is 0 Å². The maximum Gasteiger partial charge on any atom is 0.311 e. The Bertz CT molecular complexity index is 567. The fraction of sp³-hybridized carbons (Fsp3) is 0.556. The van der Waals surface area contributed by atoms with Gasteiger partial charge in [-0.1, -0.05) is 13.8 Å². The molecule has 5 heteroatoms. The average Bonchev–Trinajstić information content (AvgIpc) is 2.52. The van der Waals surface area contributed by atoms with E-state index in [1.54, 1.807) is 36.1 Å². The second kappa shape index (κ2) is 7.02. The molecule has 0 radical (unpaired) electrons. The van der Waals surface area contributed by atoms with Gasteiger partial charge in [0.15, 0.2) is 0 Å². The minimum Gasteiger partial charge on any atom is -0.493 e. The number of nitrogens with zero attached hydrogens (tertiary/aromatic N) is 1. The van der Waals surface area contributed by atoms with Gasteiger partial charge in [-0.25, -0.2) is 0 Å². The molecule has 126 valence electrons. The number of carbonyl (C=O) groups is 2. The Kier molecular flexibility index (Phi) is 5.29. The highest BCUT2D eigenvalue weighted by molar-refractivity contribution is 5.94. The number of carbonyl (C=O) groups excluding carboxylic acids is 1. The van der Waals surface area contributed by atoms with Crippen LogP contribution in [-0.2, 0) is 4.79 Å². The topological polar surface area (TPSA) is 66.8 Å². The molecule has 1 aromatic carbocycles. The molecular weight excluding hydrogens is 294 g/mol. The minimum atomic E-state index is -0.853. The number of amides is 1. The number of carboxylic acid groups (broad SMARTS) is 1. The van der Waals surface area contributed by atoms with Crippen molar-refractivity contribution in [3.63, 3.8) is 0 Å². The number of ether oxygens (including phenoxy) is 1. The van der Waals surface area contributed by atoms with Crippen molar-refractivity contribution in [2.45, 2.75) is 33.6 Å². The zero-order valence-electron chi connectivity index (χ0n) is 14.0. The van der Waals surface area contributed by atoms with Gasteiger partial charge < -0.3 is 14.7 Å². The van der Waals surface area contributed by atoms with Crippen molar-refractivity contribution < 1.29 is 19.4 Å². The molecule has 0 aromatic heterocycles. The summed E-state index contributed by atoms with van der Waals surface area (Å²) in [6, 6.07) is 7.06. The quantitative estimate of drug-likeness (QED) is 0.906. The van der Waals surface area contributed by atoms with Crippen LogP contribution in [-0.4, -0.2) is 41.6 Å². The highest BCUT2D eigenvalue weighted by atomic mass is 16.5. The second-order valence-corrected chi connectivity index (χ2v) is 6.93. The molecule has 1 fully saturated rings. The van der Waals surface area contributed by atoms with Crippen molar-refractivity contribution in [1.29, 1.82) is 0 Å². The summed E-state index contributed by atoms with van der Waals surface area (Å²) >= 11 is 0. The normalized spacial score (nSPS) is 21.3. The van der Waals surface area contributed by atoms with Crippen LogP contribution in [0, 0.1) is 11.3 Å². The number of hydrogen-bond donors (Lipinski definition) is 1. The number of hydrogen-bond acceptors (Lipinski definition) is 3. The van der Waals surface area contributed by atoms with E-state index in [4.69, 9.17) is 4.74 Å². The first-order chi connectivity index (χ1) is 10.8. The van der Waals surface area contributed by atoms with Crippen molar-refractivity contribution in [3.05, 3.63) is 29.8 Å². The smallest absolute Gasteiger partial charge is 0.311 e. The van der Waals surface area contributed by atoms with E-state index >= 15 is 0 Å². The summed E-state index contributed by atoms with van der Waals surface area (Å²) in [7, 11) is 0. The molecule has 0 aliphatic carbocycles. The molecule has 0 saturated carbocycles. The van der Waals surface area contributed by atoms with E-state index in [0.29, 0.717) is 37.5 Å². The summed E-state index contributed by atoms with van der Waals surface area (Å²) in [6.07, 6.45) is 1.32. The van der Waals surface area contributed by atoms with Gasteiger partial charge in [-0.05, 0) is 49.9 Å². The summed E-state index contributed by atoms with van der Waals surface area (Å²) in [5.74, 6) is 0.225. The van der Waals surface area contributed by atoms with Crippen LogP contribution in [0.5, 0.6) is 5.75 Å². The van der Waals surface area contributed by atoms with Crippen molar-refractivity contribution in [3.8, 4) is 5.75 Å². The van der Waals surface area contributed by atoms with E-state index in [0.717, 1.165) is 5.75 Å². The van der Waals surface area contributed by atoms with Crippen LogP contribution >= 0.6 is 0 Å². The molecule has 1 heterocycles. The molecule has 1 N–H and O–H groups in total. The van der Waals surface area contributed by atoms with Crippen LogP contribution in [0.2, 0.25) is 0 Å². The van der Waals surface area contributed by atoms with E-state index in [9.17, 15) is 14.7 Å². The highest BCUT2D eigenvalue weighted by Crippen LogP contribution is 2.30. The van der Waals surface area contributed by atoms with Crippen LogP contribution in [0.3, 0.4) is 0 Å². The molecule has 1 saturated heterocycles. The van der Waals surface area contributed by atoms with Crippen molar-refractivity contribution in [2.24, 2.45) is 11.3 Å². The summed E-state index contributed by atoms with van der Waals surface area (Å²) < 4.78 is 5.61. The van der Waals surface area contributed by atoms with Gasteiger partial charge in [0.1, 0.15) is 5.75 Å².